The van der Waals surface area contributed by atoms with Crippen LogP contribution < -0.4 is 20.9 Å². The molecule has 0 radical (unpaired) electrons. The van der Waals surface area contributed by atoms with Crippen LogP contribution in [0.15, 0.2) is 120 Å². The Balaban J connectivity index is 1.25. The summed E-state index contributed by atoms with van der Waals surface area (Å²) in [7, 11) is 3.89. The van der Waals surface area contributed by atoms with Crippen LogP contribution in [0.5, 0.6) is 0 Å². The number of amides is 3. The predicted molar refractivity (Wildman–Crippen MR) is 218 cm³/mol. The molecule has 3 amide bonds. The van der Waals surface area contributed by atoms with Gasteiger partial charge in [0.05, 0.1) is 12.2 Å². The summed E-state index contributed by atoms with van der Waals surface area (Å²) in [6, 6.07) is 33.0. The van der Waals surface area contributed by atoms with E-state index in [1.54, 1.807) is 55.5 Å². The average molecular weight is 759 g/mol. The van der Waals surface area contributed by atoms with Crippen molar-refractivity contribution in [1.82, 2.24) is 5.32 Å². The third-order valence-corrected chi connectivity index (χ3v) is 11.3. The Labute approximate surface area is 323 Å². The molecule has 5 aromatic rings. The number of rotatable bonds is 13. The number of aryl methyl sites for hydroxylation is 1. The van der Waals surface area contributed by atoms with E-state index in [2.05, 4.69) is 16.0 Å². The van der Waals surface area contributed by atoms with Crippen molar-refractivity contribution in [1.29, 1.82) is 0 Å². The van der Waals surface area contributed by atoms with Crippen molar-refractivity contribution in [3.63, 3.8) is 0 Å². The second kappa shape index (κ2) is 17.9. The summed E-state index contributed by atoms with van der Waals surface area (Å²) in [4.78, 5) is 58.1. The molecule has 1 unspecified atom stereocenters. The molecule has 0 spiro atoms. The first-order chi connectivity index (χ1) is 26.2. The maximum atomic E-state index is 14.2. The fourth-order valence-electron chi connectivity index (χ4n) is 6.11. The van der Waals surface area contributed by atoms with E-state index in [-0.39, 0.29) is 18.2 Å². The number of benzene rings is 4. The molecule has 1 aromatic heterocycles. The fraction of sp³-hybridized carbons (Fsp3) is 0.209. The molecule has 0 saturated heterocycles. The van der Waals surface area contributed by atoms with Crippen LogP contribution in [0.3, 0.4) is 0 Å². The minimum atomic E-state index is -0.683. The smallest absolute Gasteiger partial charge is 0.341 e. The summed E-state index contributed by atoms with van der Waals surface area (Å²) in [6.45, 7) is 2.02. The van der Waals surface area contributed by atoms with Crippen LogP contribution in [-0.4, -0.2) is 44.4 Å². The van der Waals surface area contributed by atoms with E-state index >= 15 is 0 Å². The number of hydrogen-bond acceptors (Lipinski definition) is 8. The lowest BCUT2D eigenvalue weighted by Gasteiger charge is -2.18. The second-order valence-corrected chi connectivity index (χ2v) is 15.2. The van der Waals surface area contributed by atoms with Crippen molar-refractivity contribution >= 4 is 69.2 Å². The molecule has 0 fully saturated rings. The van der Waals surface area contributed by atoms with Crippen molar-refractivity contribution in [3.8, 4) is 0 Å². The molecule has 6 rings (SSSR count). The Bertz CT molecular complexity index is 2150. The third-order valence-electron chi connectivity index (χ3n) is 8.82. The van der Waals surface area contributed by atoms with Gasteiger partial charge in [0, 0.05) is 40.8 Å². The van der Waals surface area contributed by atoms with Gasteiger partial charge in [0.25, 0.3) is 11.8 Å². The number of carbonyl (C=O) groups excluding carboxylic acids is 4. The summed E-state index contributed by atoms with van der Waals surface area (Å²) >= 11 is 2.78. The van der Waals surface area contributed by atoms with Crippen molar-refractivity contribution in [2.45, 2.75) is 42.8 Å². The zero-order chi connectivity index (χ0) is 38.0. The maximum absolute atomic E-state index is 14.2. The zero-order valence-electron chi connectivity index (χ0n) is 30.4. The molecule has 0 aliphatic heterocycles. The molecule has 4 aromatic carbocycles. The molecule has 1 atom stereocenters. The fourth-order valence-corrected chi connectivity index (χ4v) is 8.47. The van der Waals surface area contributed by atoms with Crippen LogP contribution >= 0.6 is 23.1 Å². The zero-order valence-corrected chi connectivity index (χ0v) is 32.0. The minimum Gasteiger partial charge on any atom is -0.462 e. The number of nitrogens with zero attached hydrogens (tertiary/aromatic N) is 1. The maximum Gasteiger partial charge on any atom is 0.341 e. The molecular weight excluding hydrogens is 717 g/mol. The van der Waals surface area contributed by atoms with Crippen LogP contribution in [0.2, 0.25) is 0 Å². The lowest BCUT2D eigenvalue weighted by molar-refractivity contribution is -0.116. The largest absolute Gasteiger partial charge is 0.462 e. The van der Waals surface area contributed by atoms with Gasteiger partial charge in [-0.15, -0.1) is 23.1 Å². The summed E-state index contributed by atoms with van der Waals surface area (Å²) < 4.78 is 5.41. The summed E-state index contributed by atoms with van der Waals surface area (Å²) in [5.41, 5.74) is 4.92. The Morgan fingerprint density at radius 3 is 2.26 bits per heavy atom. The highest BCUT2D eigenvalue weighted by atomic mass is 32.2. The molecule has 1 aliphatic rings. The lowest BCUT2D eigenvalue weighted by atomic mass is 9.95. The van der Waals surface area contributed by atoms with Crippen molar-refractivity contribution in [3.05, 3.63) is 148 Å². The Kier molecular flexibility index (Phi) is 12.6. The van der Waals surface area contributed by atoms with Crippen molar-refractivity contribution < 1.29 is 23.9 Å². The molecule has 0 saturated carbocycles. The number of thiophene rings is 1. The quantitative estimate of drug-likeness (QED) is 0.0625. The molecule has 54 heavy (non-hydrogen) atoms. The van der Waals surface area contributed by atoms with Gasteiger partial charge in [-0.3, -0.25) is 14.4 Å². The first-order valence-corrected chi connectivity index (χ1v) is 19.5. The van der Waals surface area contributed by atoms with Gasteiger partial charge < -0.3 is 25.6 Å². The molecule has 276 valence electrons. The SMILES string of the molecule is CCOC(=O)c1c(NC(=O)C(Sc2cccc(NC(=O)/C(=C\c3ccc(N(C)C)cc3)NC(=O)c3ccccc3)c2)c2ccccc2)sc2c1CCCC2. The van der Waals surface area contributed by atoms with Crippen molar-refractivity contribution in [2.75, 3.05) is 36.2 Å². The standard InChI is InChI=1S/C43H42N4O5S2/c1-4-52-43(51)37-34-20-11-12-21-36(34)54-42(37)46-41(50)38(29-14-7-5-8-15-29)53-33-19-13-18-31(27-33)44-40(49)35(45-39(48)30-16-9-6-10-17-30)26-28-22-24-32(25-23-28)47(2)3/h5-10,13-19,22-27,38H,4,11-12,20-21H2,1-3H3,(H,44,49)(H,45,48)(H,46,50)/b35-26+. The topological polar surface area (TPSA) is 117 Å². The average Bonchev–Trinajstić information content (AvgIpc) is 3.55. The van der Waals surface area contributed by atoms with E-state index in [1.807, 2.05) is 85.7 Å². The summed E-state index contributed by atoms with van der Waals surface area (Å²) in [5.74, 6) is -1.62. The van der Waals surface area contributed by atoms with Gasteiger partial charge in [0.1, 0.15) is 15.9 Å². The number of nitrogens with one attached hydrogen (secondary N) is 3. The van der Waals surface area contributed by atoms with E-state index < -0.39 is 23.0 Å². The van der Waals surface area contributed by atoms with E-state index in [0.717, 1.165) is 57.8 Å². The highest BCUT2D eigenvalue weighted by Gasteiger charge is 2.30. The van der Waals surface area contributed by atoms with E-state index in [1.165, 1.54) is 23.1 Å². The summed E-state index contributed by atoms with van der Waals surface area (Å²) in [5, 5.41) is 8.65. The first-order valence-electron chi connectivity index (χ1n) is 17.8. The summed E-state index contributed by atoms with van der Waals surface area (Å²) in [6.07, 6.45) is 5.31. The molecule has 1 heterocycles. The molecule has 1 aliphatic carbocycles. The normalized spacial score (nSPS) is 12.9. The van der Waals surface area contributed by atoms with Gasteiger partial charge in [-0.25, -0.2) is 4.79 Å². The van der Waals surface area contributed by atoms with Gasteiger partial charge in [0.2, 0.25) is 5.91 Å². The predicted octanol–water partition coefficient (Wildman–Crippen LogP) is 8.75. The number of thioether (sulfide) groups is 1. The van der Waals surface area contributed by atoms with Crippen LogP contribution in [-0.2, 0) is 27.2 Å². The number of fused-ring (bicyclic) bond motifs is 1. The number of ether oxygens (including phenoxy) is 1. The highest BCUT2D eigenvalue weighted by Crippen LogP contribution is 2.41. The Hall–Kier alpha value is -5.65. The molecule has 11 heteroatoms. The second-order valence-electron chi connectivity index (χ2n) is 12.9. The minimum absolute atomic E-state index is 0.0668. The van der Waals surface area contributed by atoms with Gasteiger partial charge in [-0.05, 0) is 97.8 Å². The van der Waals surface area contributed by atoms with Crippen LogP contribution in [0.25, 0.3) is 6.08 Å². The highest BCUT2D eigenvalue weighted by molar-refractivity contribution is 8.00. The first kappa shape index (κ1) is 38.1. The van der Waals surface area contributed by atoms with E-state index in [0.29, 0.717) is 21.8 Å². The number of esters is 1. The number of hydrogen-bond donors (Lipinski definition) is 3. The van der Waals surface area contributed by atoms with Gasteiger partial charge in [0.15, 0.2) is 0 Å². The molecule has 0 bridgehead atoms. The van der Waals surface area contributed by atoms with Crippen LogP contribution in [0, 0.1) is 0 Å². The molecule has 9 nitrogen and oxygen atoms in total. The van der Waals surface area contributed by atoms with Gasteiger partial charge in [-0.1, -0.05) is 66.7 Å². The van der Waals surface area contributed by atoms with E-state index in [9.17, 15) is 19.2 Å². The Morgan fingerprint density at radius 2 is 1.56 bits per heavy atom. The Morgan fingerprint density at radius 1 is 0.852 bits per heavy atom. The molecule has 3 N–H and O–H groups in total. The molecular formula is C43H42N4O5S2. The van der Waals surface area contributed by atoms with Crippen molar-refractivity contribution in [2.24, 2.45) is 0 Å². The van der Waals surface area contributed by atoms with Gasteiger partial charge in [-0.2, -0.15) is 0 Å². The number of carbonyl (C=O) groups is 4. The van der Waals surface area contributed by atoms with Gasteiger partial charge >= 0.3 is 5.97 Å². The van der Waals surface area contributed by atoms with Crippen LogP contribution in [0.1, 0.15) is 67.3 Å². The number of anilines is 3. The third kappa shape index (κ3) is 9.47. The lowest BCUT2D eigenvalue weighted by Crippen LogP contribution is -2.30. The monoisotopic (exact) mass is 758 g/mol. The van der Waals surface area contributed by atoms with Crippen LogP contribution in [0.4, 0.5) is 16.4 Å². The van der Waals surface area contributed by atoms with E-state index in [4.69, 9.17) is 4.74 Å².